The first-order chi connectivity index (χ1) is 11.8. The molecule has 126 valence electrons. The fourth-order valence-corrected chi connectivity index (χ4v) is 4.45. The number of hydrogen-bond acceptors (Lipinski definition) is 5. The fourth-order valence-electron chi connectivity index (χ4n) is 3.44. The molecule has 1 saturated heterocycles. The zero-order valence-corrected chi connectivity index (χ0v) is 14.5. The lowest BCUT2D eigenvalue weighted by atomic mass is 9.95. The summed E-state index contributed by atoms with van der Waals surface area (Å²) >= 11 is 1.80. The van der Waals surface area contributed by atoms with E-state index in [4.69, 9.17) is 10.1 Å². The number of para-hydroxylation sites is 1. The Morgan fingerprint density at radius 2 is 2.17 bits per heavy atom. The number of aliphatic hydroxyl groups is 1. The zero-order chi connectivity index (χ0) is 16.4. The average molecular weight is 342 g/mol. The van der Waals surface area contributed by atoms with Gasteiger partial charge in [-0.15, -0.1) is 11.3 Å². The quantitative estimate of drug-likeness (QED) is 0.775. The van der Waals surface area contributed by atoms with E-state index in [1.165, 1.54) is 22.5 Å². The van der Waals surface area contributed by atoms with Crippen LogP contribution in [0.4, 0.5) is 0 Å². The second-order valence-corrected chi connectivity index (χ2v) is 7.49. The minimum Gasteiger partial charge on any atom is -0.394 e. The van der Waals surface area contributed by atoms with E-state index in [1.807, 2.05) is 16.9 Å². The summed E-state index contributed by atoms with van der Waals surface area (Å²) in [5.41, 5.74) is 2.26. The molecule has 0 bridgehead atoms. The third-order valence-corrected chi connectivity index (χ3v) is 5.63. The van der Waals surface area contributed by atoms with Gasteiger partial charge in [0.25, 0.3) is 0 Å². The molecular formula is C18H22N4OS. The highest BCUT2D eigenvalue weighted by Crippen LogP contribution is 2.28. The Morgan fingerprint density at radius 1 is 1.25 bits per heavy atom. The molecular weight excluding hydrogens is 320 g/mol. The van der Waals surface area contributed by atoms with Crippen LogP contribution in [0.1, 0.15) is 29.5 Å². The second kappa shape index (κ2) is 7.01. The largest absolute Gasteiger partial charge is 0.394 e. The van der Waals surface area contributed by atoms with Crippen LogP contribution in [0.15, 0.2) is 36.5 Å². The maximum absolute atomic E-state index is 9.03. The number of hydrogen-bond donors (Lipinski definition) is 1. The molecule has 0 aliphatic carbocycles. The van der Waals surface area contributed by atoms with E-state index in [0.29, 0.717) is 12.5 Å². The molecule has 5 nitrogen and oxygen atoms in total. The van der Waals surface area contributed by atoms with Gasteiger partial charge in [0.05, 0.1) is 35.6 Å². The van der Waals surface area contributed by atoms with E-state index in [2.05, 4.69) is 34.3 Å². The normalized spacial score (nSPS) is 19.1. The Hall–Kier alpha value is -1.76. The van der Waals surface area contributed by atoms with E-state index in [-0.39, 0.29) is 6.61 Å². The highest BCUT2D eigenvalue weighted by molar-refractivity contribution is 7.18. The van der Waals surface area contributed by atoms with Crippen LogP contribution in [0.2, 0.25) is 0 Å². The number of rotatable bonds is 5. The monoisotopic (exact) mass is 342 g/mol. The van der Waals surface area contributed by atoms with Gasteiger partial charge in [-0.1, -0.05) is 12.1 Å². The van der Waals surface area contributed by atoms with Gasteiger partial charge in [0, 0.05) is 18.7 Å². The van der Waals surface area contributed by atoms with Gasteiger partial charge in [0.2, 0.25) is 0 Å². The number of aliphatic hydroxyl groups excluding tert-OH is 1. The molecule has 4 rings (SSSR count). The molecule has 1 atom stereocenters. The Balaban J connectivity index is 1.44. The molecule has 1 N–H and O–H groups in total. The predicted octanol–water partition coefficient (Wildman–Crippen LogP) is 2.86. The smallest absolute Gasteiger partial charge is 0.108 e. The molecule has 1 aliphatic rings. The number of piperidine rings is 1. The van der Waals surface area contributed by atoms with Crippen LogP contribution in [-0.2, 0) is 13.1 Å². The van der Waals surface area contributed by atoms with E-state index in [1.54, 1.807) is 11.3 Å². The first-order valence-electron chi connectivity index (χ1n) is 8.53. The van der Waals surface area contributed by atoms with Crippen LogP contribution < -0.4 is 0 Å². The zero-order valence-electron chi connectivity index (χ0n) is 13.6. The van der Waals surface area contributed by atoms with Crippen molar-refractivity contribution in [2.75, 3.05) is 19.7 Å². The molecule has 1 unspecified atom stereocenters. The summed E-state index contributed by atoms with van der Waals surface area (Å²) in [6.45, 7) is 3.79. The third-order valence-electron chi connectivity index (χ3n) is 4.61. The Morgan fingerprint density at radius 3 is 3.04 bits per heavy atom. The van der Waals surface area contributed by atoms with Gasteiger partial charge in [-0.25, -0.2) is 4.98 Å². The van der Waals surface area contributed by atoms with Crippen molar-refractivity contribution in [3.63, 3.8) is 0 Å². The predicted molar refractivity (Wildman–Crippen MR) is 96.2 cm³/mol. The lowest BCUT2D eigenvalue weighted by Gasteiger charge is -2.31. The maximum atomic E-state index is 9.03. The SMILES string of the molecule is OCCn1ccc(C2CCCN(Cc3nc4ccccc4s3)C2)n1. The third kappa shape index (κ3) is 3.36. The second-order valence-electron chi connectivity index (χ2n) is 6.38. The molecule has 3 aromatic rings. The molecule has 0 radical (unpaired) electrons. The van der Waals surface area contributed by atoms with Crippen LogP contribution in [0.5, 0.6) is 0 Å². The van der Waals surface area contributed by atoms with Crippen molar-refractivity contribution in [3.05, 3.63) is 47.2 Å². The summed E-state index contributed by atoms with van der Waals surface area (Å²) in [6.07, 6.45) is 4.35. The molecule has 3 heterocycles. The van der Waals surface area contributed by atoms with Crippen LogP contribution in [-0.4, -0.2) is 44.5 Å². The standard InChI is InChI=1S/C18H22N4OS/c23-11-10-22-9-7-15(20-22)14-4-3-8-21(12-14)13-18-19-16-5-1-2-6-17(16)24-18/h1-2,5-7,9,14,23H,3-4,8,10-13H2. The molecule has 0 amide bonds. The highest BCUT2D eigenvalue weighted by Gasteiger charge is 2.24. The Bertz CT molecular complexity index is 779. The van der Waals surface area contributed by atoms with Gasteiger partial charge in [-0.05, 0) is 37.6 Å². The van der Waals surface area contributed by atoms with Crippen LogP contribution in [0.3, 0.4) is 0 Å². The van der Waals surface area contributed by atoms with Crippen LogP contribution in [0.25, 0.3) is 10.2 Å². The topological polar surface area (TPSA) is 54.2 Å². The van der Waals surface area contributed by atoms with Crippen molar-refractivity contribution in [1.29, 1.82) is 0 Å². The minimum atomic E-state index is 0.134. The van der Waals surface area contributed by atoms with Crippen molar-refractivity contribution >= 4 is 21.6 Å². The summed E-state index contributed by atoms with van der Waals surface area (Å²) < 4.78 is 3.10. The number of aromatic nitrogens is 3. The number of likely N-dealkylation sites (tertiary alicyclic amines) is 1. The molecule has 0 saturated carbocycles. The molecule has 1 aromatic carbocycles. The van der Waals surface area contributed by atoms with E-state index >= 15 is 0 Å². The van der Waals surface area contributed by atoms with Crippen LogP contribution in [0, 0.1) is 0 Å². The number of benzene rings is 1. The molecule has 0 spiro atoms. The van der Waals surface area contributed by atoms with Crippen molar-refractivity contribution in [2.24, 2.45) is 0 Å². The van der Waals surface area contributed by atoms with Crippen molar-refractivity contribution < 1.29 is 5.11 Å². The average Bonchev–Trinajstić information content (AvgIpc) is 3.21. The van der Waals surface area contributed by atoms with Gasteiger partial charge in [-0.2, -0.15) is 5.10 Å². The summed E-state index contributed by atoms with van der Waals surface area (Å²) in [6, 6.07) is 10.4. The molecule has 6 heteroatoms. The van der Waals surface area contributed by atoms with Gasteiger partial charge >= 0.3 is 0 Å². The van der Waals surface area contributed by atoms with Crippen LogP contribution >= 0.6 is 11.3 Å². The van der Waals surface area contributed by atoms with Gasteiger partial charge in [-0.3, -0.25) is 9.58 Å². The summed E-state index contributed by atoms with van der Waals surface area (Å²) in [5.74, 6) is 0.480. The summed E-state index contributed by atoms with van der Waals surface area (Å²) in [7, 11) is 0. The maximum Gasteiger partial charge on any atom is 0.108 e. The molecule has 2 aromatic heterocycles. The van der Waals surface area contributed by atoms with Crippen molar-refractivity contribution in [3.8, 4) is 0 Å². The van der Waals surface area contributed by atoms with Crippen molar-refractivity contribution in [1.82, 2.24) is 19.7 Å². The number of fused-ring (bicyclic) bond motifs is 1. The van der Waals surface area contributed by atoms with E-state index in [9.17, 15) is 0 Å². The first kappa shape index (κ1) is 15.7. The van der Waals surface area contributed by atoms with Gasteiger partial charge in [0.1, 0.15) is 5.01 Å². The van der Waals surface area contributed by atoms with E-state index < -0.39 is 0 Å². The molecule has 24 heavy (non-hydrogen) atoms. The Labute approximate surface area is 145 Å². The Kier molecular flexibility index (Phi) is 4.60. The lowest BCUT2D eigenvalue weighted by Crippen LogP contribution is -2.34. The van der Waals surface area contributed by atoms with Crippen molar-refractivity contribution in [2.45, 2.75) is 31.8 Å². The number of nitrogens with zero attached hydrogens (tertiary/aromatic N) is 4. The molecule has 1 fully saturated rings. The minimum absolute atomic E-state index is 0.134. The highest BCUT2D eigenvalue weighted by atomic mass is 32.1. The number of thiazole rings is 1. The van der Waals surface area contributed by atoms with Gasteiger partial charge < -0.3 is 5.11 Å². The first-order valence-corrected chi connectivity index (χ1v) is 9.34. The molecule has 1 aliphatic heterocycles. The van der Waals surface area contributed by atoms with E-state index in [0.717, 1.165) is 30.8 Å². The summed E-state index contributed by atoms with van der Waals surface area (Å²) in [5, 5.41) is 14.8. The van der Waals surface area contributed by atoms with Gasteiger partial charge in [0.15, 0.2) is 0 Å². The lowest BCUT2D eigenvalue weighted by molar-refractivity contribution is 0.197. The fraction of sp³-hybridized carbons (Fsp3) is 0.444. The summed E-state index contributed by atoms with van der Waals surface area (Å²) in [4.78, 5) is 7.26.